The molecule has 0 bridgehead atoms. The SMILES string of the molecule is Cc1ccc(-n2nc(C)c(C(=O)NC[C@H](C)c3ccccc3)c2-n2cccc2)cc1. The Hall–Kier alpha value is -3.60. The van der Waals surface area contributed by atoms with E-state index in [1.807, 2.05) is 83.2 Å². The highest BCUT2D eigenvalue weighted by atomic mass is 16.1. The molecule has 152 valence electrons. The van der Waals surface area contributed by atoms with Gasteiger partial charge >= 0.3 is 0 Å². The number of carbonyl (C=O) groups excluding carboxylic acids is 1. The minimum Gasteiger partial charge on any atom is -0.351 e. The Morgan fingerprint density at radius 3 is 2.30 bits per heavy atom. The minimum atomic E-state index is -0.114. The third-order valence-corrected chi connectivity index (χ3v) is 5.33. The van der Waals surface area contributed by atoms with Crippen LogP contribution in [0, 0.1) is 13.8 Å². The zero-order valence-electron chi connectivity index (χ0n) is 17.5. The summed E-state index contributed by atoms with van der Waals surface area (Å²) in [6, 6.07) is 22.2. The molecule has 2 aromatic carbocycles. The maximum Gasteiger partial charge on any atom is 0.257 e. The Morgan fingerprint density at radius 2 is 1.63 bits per heavy atom. The fraction of sp³-hybridized carbons (Fsp3) is 0.200. The van der Waals surface area contributed by atoms with Crippen molar-refractivity contribution in [1.82, 2.24) is 19.7 Å². The quantitative estimate of drug-likeness (QED) is 0.507. The van der Waals surface area contributed by atoms with Crippen molar-refractivity contribution in [2.75, 3.05) is 6.54 Å². The van der Waals surface area contributed by atoms with E-state index in [-0.39, 0.29) is 11.8 Å². The van der Waals surface area contributed by atoms with Crippen LogP contribution in [0.25, 0.3) is 11.5 Å². The second kappa shape index (κ2) is 8.41. The molecule has 2 aromatic heterocycles. The lowest BCUT2D eigenvalue weighted by Gasteiger charge is -2.14. The average Bonchev–Trinajstić information content (AvgIpc) is 3.40. The normalized spacial score (nSPS) is 12.0. The van der Waals surface area contributed by atoms with E-state index in [0.717, 1.165) is 11.5 Å². The average molecular weight is 399 g/mol. The first-order valence-electron chi connectivity index (χ1n) is 10.2. The first-order valence-corrected chi connectivity index (χ1v) is 10.2. The molecule has 4 rings (SSSR count). The molecule has 30 heavy (non-hydrogen) atoms. The number of nitrogens with zero attached hydrogens (tertiary/aromatic N) is 3. The van der Waals surface area contributed by atoms with E-state index in [1.54, 1.807) is 0 Å². The van der Waals surface area contributed by atoms with Crippen molar-refractivity contribution in [3.63, 3.8) is 0 Å². The Labute approximate surface area is 177 Å². The Morgan fingerprint density at radius 1 is 0.967 bits per heavy atom. The highest BCUT2D eigenvalue weighted by Crippen LogP contribution is 2.24. The van der Waals surface area contributed by atoms with Gasteiger partial charge in [-0.05, 0) is 49.6 Å². The predicted octanol–water partition coefficient (Wildman–Crippen LogP) is 4.81. The Balaban J connectivity index is 1.67. The van der Waals surface area contributed by atoms with Gasteiger partial charge in [0.25, 0.3) is 5.91 Å². The van der Waals surface area contributed by atoms with Crippen LogP contribution in [-0.4, -0.2) is 26.8 Å². The molecule has 2 heterocycles. The first-order chi connectivity index (χ1) is 14.5. The number of nitrogens with one attached hydrogen (secondary N) is 1. The van der Waals surface area contributed by atoms with Crippen molar-refractivity contribution in [3.05, 3.63) is 102 Å². The topological polar surface area (TPSA) is 51.9 Å². The molecule has 0 aliphatic carbocycles. The van der Waals surface area contributed by atoms with Crippen molar-refractivity contribution in [3.8, 4) is 11.5 Å². The lowest BCUT2D eigenvalue weighted by Crippen LogP contribution is -2.28. The molecule has 0 radical (unpaired) electrons. The summed E-state index contributed by atoms with van der Waals surface area (Å²) in [6.45, 7) is 6.61. The van der Waals surface area contributed by atoms with Crippen molar-refractivity contribution in [2.45, 2.75) is 26.7 Å². The minimum absolute atomic E-state index is 0.114. The zero-order chi connectivity index (χ0) is 21.1. The molecule has 4 aromatic rings. The molecule has 1 amide bonds. The summed E-state index contributed by atoms with van der Waals surface area (Å²) in [7, 11) is 0. The Kier molecular flexibility index (Phi) is 5.53. The van der Waals surface area contributed by atoms with E-state index >= 15 is 0 Å². The van der Waals surface area contributed by atoms with Crippen LogP contribution in [0.2, 0.25) is 0 Å². The molecular weight excluding hydrogens is 372 g/mol. The third kappa shape index (κ3) is 3.92. The molecule has 0 unspecified atom stereocenters. The smallest absolute Gasteiger partial charge is 0.257 e. The van der Waals surface area contributed by atoms with E-state index < -0.39 is 0 Å². The number of rotatable bonds is 6. The molecule has 0 aliphatic rings. The van der Waals surface area contributed by atoms with Gasteiger partial charge in [0.15, 0.2) is 5.82 Å². The van der Waals surface area contributed by atoms with Gasteiger partial charge in [-0.3, -0.25) is 4.79 Å². The highest BCUT2D eigenvalue weighted by Gasteiger charge is 2.24. The molecule has 0 aliphatic heterocycles. The summed E-state index contributed by atoms with van der Waals surface area (Å²) in [5.74, 6) is 0.848. The second-order valence-corrected chi connectivity index (χ2v) is 7.64. The number of amides is 1. The monoisotopic (exact) mass is 398 g/mol. The number of benzene rings is 2. The predicted molar refractivity (Wildman–Crippen MR) is 120 cm³/mol. The molecule has 1 atom stereocenters. The highest BCUT2D eigenvalue weighted by molar-refractivity contribution is 5.98. The third-order valence-electron chi connectivity index (χ3n) is 5.33. The van der Waals surface area contributed by atoms with Gasteiger partial charge in [-0.1, -0.05) is 55.0 Å². The molecule has 1 N–H and O–H groups in total. The summed E-state index contributed by atoms with van der Waals surface area (Å²) in [6.07, 6.45) is 3.87. The van der Waals surface area contributed by atoms with Crippen LogP contribution in [0.3, 0.4) is 0 Å². The van der Waals surface area contributed by atoms with E-state index in [9.17, 15) is 4.79 Å². The van der Waals surface area contributed by atoms with Gasteiger partial charge in [-0.25, -0.2) is 4.68 Å². The van der Waals surface area contributed by atoms with E-state index in [2.05, 4.69) is 31.3 Å². The standard InChI is InChI=1S/C25H26N4O/c1-18-11-13-22(14-12-18)29-25(28-15-7-8-16-28)23(20(3)27-29)24(30)26-17-19(2)21-9-5-4-6-10-21/h4-16,19H,17H2,1-3H3,(H,26,30)/t19-/m0/s1. The van der Waals surface area contributed by atoms with E-state index in [4.69, 9.17) is 5.10 Å². The maximum atomic E-state index is 13.2. The van der Waals surface area contributed by atoms with Crippen LogP contribution in [0.15, 0.2) is 79.1 Å². The van der Waals surface area contributed by atoms with Crippen molar-refractivity contribution >= 4 is 5.91 Å². The van der Waals surface area contributed by atoms with Crippen molar-refractivity contribution in [2.24, 2.45) is 0 Å². The molecule has 0 saturated carbocycles. The first kappa shape index (κ1) is 19.7. The second-order valence-electron chi connectivity index (χ2n) is 7.64. The van der Waals surface area contributed by atoms with E-state index in [0.29, 0.717) is 17.8 Å². The van der Waals surface area contributed by atoms with Crippen molar-refractivity contribution < 1.29 is 4.79 Å². The largest absolute Gasteiger partial charge is 0.351 e. The van der Waals surface area contributed by atoms with Gasteiger partial charge in [0.05, 0.1) is 11.4 Å². The number of hydrogen-bond donors (Lipinski definition) is 1. The number of aromatic nitrogens is 3. The molecule has 5 heteroatoms. The molecule has 0 fully saturated rings. The van der Waals surface area contributed by atoms with Crippen molar-refractivity contribution in [1.29, 1.82) is 0 Å². The van der Waals surface area contributed by atoms with Crippen LogP contribution < -0.4 is 5.32 Å². The van der Waals surface area contributed by atoms with Crippen LogP contribution in [0.4, 0.5) is 0 Å². The number of hydrogen-bond acceptors (Lipinski definition) is 2. The summed E-state index contributed by atoms with van der Waals surface area (Å²) >= 11 is 0. The van der Waals surface area contributed by atoms with Crippen LogP contribution in [-0.2, 0) is 0 Å². The zero-order valence-corrected chi connectivity index (χ0v) is 17.5. The molecular formula is C25H26N4O. The number of aryl methyl sites for hydroxylation is 2. The van der Waals surface area contributed by atoms with Crippen LogP contribution >= 0.6 is 0 Å². The summed E-state index contributed by atoms with van der Waals surface area (Å²) in [5.41, 5.74) is 4.59. The summed E-state index contributed by atoms with van der Waals surface area (Å²) < 4.78 is 3.78. The van der Waals surface area contributed by atoms with Gasteiger partial charge in [0.1, 0.15) is 5.56 Å². The van der Waals surface area contributed by atoms with E-state index in [1.165, 1.54) is 11.1 Å². The van der Waals surface area contributed by atoms with Gasteiger partial charge < -0.3 is 9.88 Å². The maximum absolute atomic E-state index is 13.2. The molecule has 0 saturated heterocycles. The lowest BCUT2D eigenvalue weighted by atomic mass is 10.0. The van der Waals surface area contributed by atoms with Crippen LogP contribution in [0.5, 0.6) is 0 Å². The van der Waals surface area contributed by atoms with Gasteiger partial charge in [-0.2, -0.15) is 5.10 Å². The fourth-order valence-corrected chi connectivity index (χ4v) is 3.59. The summed E-state index contributed by atoms with van der Waals surface area (Å²) in [5, 5.41) is 7.82. The fourth-order valence-electron chi connectivity index (χ4n) is 3.59. The van der Waals surface area contributed by atoms with Gasteiger partial charge in [-0.15, -0.1) is 0 Å². The molecule has 0 spiro atoms. The van der Waals surface area contributed by atoms with Gasteiger partial charge in [0, 0.05) is 18.9 Å². The lowest BCUT2D eigenvalue weighted by molar-refractivity contribution is 0.0951. The van der Waals surface area contributed by atoms with Crippen LogP contribution in [0.1, 0.15) is 40.0 Å². The summed E-state index contributed by atoms with van der Waals surface area (Å²) in [4.78, 5) is 13.2. The van der Waals surface area contributed by atoms with Gasteiger partial charge in [0.2, 0.25) is 0 Å². The Bertz CT molecular complexity index is 1130. The molecule has 5 nitrogen and oxygen atoms in total. The number of carbonyl (C=O) groups is 1.